The lowest BCUT2D eigenvalue weighted by atomic mass is 9.93. The molecular weight excluding hydrogens is 517 g/mol. The van der Waals surface area contributed by atoms with Crippen LogP contribution in [-0.4, -0.2) is 47.9 Å². The smallest absolute Gasteiger partial charge is 0.255 e. The number of hydrogen-bond acceptors (Lipinski definition) is 4. The van der Waals surface area contributed by atoms with Crippen LogP contribution in [0.2, 0.25) is 0 Å². The molecule has 2 heterocycles. The van der Waals surface area contributed by atoms with E-state index in [1.165, 1.54) is 24.3 Å². The van der Waals surface area contributed by atoms with E-state index < -0.39 is 11.7 Å². The van der Waals surface area contributed by atoms with Crippen molar-refractivity contribution in [2.45, 2.75) is 25.8 Å². The van der Waals surface area contributed by atoms with Gasteiger partial charge in [0, 0.05) is 39.3 Å². The molecule has 4 aromatic carbocycles. The molecule has 1 aromatic heterocycles. The van der Waals surface area contributed by atoms with E-state index in [-0.39, 0.29) is 5.91 Å². The lowest BCUT2D eigenvalue weighted by molar-refractivity contribution is 0.0999. The first-order chi connectivity index (χ1) is 19.8. The number of aromatic amines is 1. The largest absolute Gasteiger partial charge is 0.382 e. The molecule has 0 atom stereocenters. The van der Waals surface area contributed by atoms with Crippen LogP contribution in [0.5, 0.6) is 0 Å². The molecule has 2 amide bonds. The van der Waals surface area contributed by atoms with Crippen molar-refractivity contribution in [2.24, 2.45) is 5.73 Å². The number of primary amides is 1. The summed E-state index contributed by atoms with van der Waals surface area (Å²) in [6.07, 6.45) is 2.18. The van der Waals surface area contributed by atoms with E-state index in [2.05, 4.69) is 45.8 Å². The molecule has 1 aliphatic rings. The fraction of sp³-hybridized carbons (Fsp3) is 0.212. The molecule has 6 rings (SSSR count). The van der Waals surface area contributed by atoms with Crippen molar-refractivity contribution in [1.82, 2.24) is 9.88 Å². The molecule has 1 aliphatic heterocycles. The van der Waals surface area contributed by atoms with Crippen molar-refractivity contribution in [3.05, 3.63) is 95.3 Å². The Morgan fingerprint density at radius 3 is 2.46 bits per heavy atom. The Morgan fingerprint density at radius 2 is 1.73 bits per heavy atom. The average Bonchev–Trinajstić information content (AvgIpc) is 3.34. The van der Waals surface area contributed by atoms with E-state index in [0.29, 0.717) is 28.4 Å². The molecule has 8 heteroatoms. The molecule has 5 aromatic rings. The average molecular weight is 550 g/mol. The van der Waals surface area contributed by atoms with Crippen LogP contribution in [0.3, 0.4) is 0 Å². The number of carbonyl (C=O) groups excluding carboxylic acids is 2. The number of anilines is 2. The van der Waals surface area contributed by atoms with Crippen LogP contribution in [0.25, 0.3) is 32.9 Å². The van der Waals surface area contributed by atoms with E-state index in [1.807, 2.05) is 31.2 Å². The summed E-state index contributed by atoms with van der Waals surface area (Å²) in [5.41, 5.74) is 12.5. The fourth-order valence-electron chi connectivity index (χ4n) is 5.78. The zero-order valence-corrected chi connectivity index (χ0v) is 23.1. The normalized spacial score (nSPS) is 14.4. The van der Waals surface area contributed by atoms with Crippen molar-refractivity contribution in [3.63, 3.8) is 0 Å². The minimum atomic E-state index is -0.505. The van der Waals surface area contributed by atoms with E-state index in [0.717, 1.165) is 64.6 Å². The number of carbonyl (C=O) groups is 2. The fourth-order valence-corrected chi connectivity index (χ4v) is 5.78. The molecule has 0 radical (unpaired) electrons. The van der Waals surface area contributed by atoms with Crippen molar-refractivity contribution < 1.29 is 14.0 Å². The van der Waals surface area contributed by atoms with E-state index in [9.17, 15) is 14.0 Å². The van der Waals surface area contributed by atoms with Crippen molar-refractivity contribution in [2.75, 3.05) is 30.8 Å². The molecule has 1 saturated heterocycles. The van der Waals surface area contributed by atoms with Crippen LogP contribution in [-0.2, 0) is 0 Å². The van der Waals surface area contributed by atoms with Crippen LogP contribution >= 0.6 is 0 Å². The first kappa shape index (κ1) is 26.5. The van der Waals surface area contributed by atoms with Gasteiger partial charge in [0.05, 0.1) is 11.1 Å². The molecule has 0 spiro atoms. The highest BCUT2D eigenvalue weighted by Gasteiger charge is 2.20. The quantitative estimate of drug-likeness (QED) is 0.200. The summed E-state index contributed by atoms with van der Waals surface area (Å²) in [4.78, 5) is 31.1. The number of amides is 2. The number of rotatable bonds is 6. The maximum absolute atomic E-state index is 13.3. The Bertz CT molecular complexity index is 1790. The number of nitrogens with one attached hydrogen (secondary N) is 3. The highest BCUT2D eigenvalue weighted by Crippen LogP contribution is 2.40. The second-order valence-electron chi connectivity index (χ2n) is 10.8. The van der Waals surface area contributed by atoms with Gasteiger partial charge in [-0.05, 0) is 105 Å². The Morgan fingerprint density at radius 1 is 0.976 bits per heavy atom. The van der Waals surface area contributed by atoms with Gasteiger partial charge < -0.3 is 26.3 Å². The third kappa shape index (κ3) is 5.14. The number of benzene rings is 4. The maximum atomic E-state index is 13.3. The molecule has 0 aliphatic carbocycles. The number of halogens is 1. The second kappa shape index (κ2) is 10.7. The van der Waals surface area contributed by atoms with Crippen molar-refractivity contribution >= 4 is 45.0 Å². The summed E-state index contributed by atoms with van der Waals surface area (Å²) < 4.78 is 13.3. The Balaban J connectivity index is 1.41. The standard InChI is InChI=1S/C33H32FN5O2/c1-19-24(4-3-5-28(19)38-33(41)20-6-8-21(34)9-7-20)25-12-13-27(32(35)40)31-30(25)26-11-10-23(18-29(26)37-31)36-22-14-16-39(2)17-15-22/h3-13,18,22,36-37H,14-17H2,1-2H3,(H2,35,40)(H,38,41). The van der Waals surface area contributed by atoms with Gasteiger partial charge in [-0.25, -0.2) is 4.39 Å². The highest BCUT2D eigenvalue weighted by molar-refractivity contribution is 6.20. The second-order valence-corrected chi connectivity index (χ2v) is 10.8. The van der Waals surface area contributed by atoms with Gasteiger partial charge >= 0.3 is 0 Å². The van der Waals surface area contributed by atoms with E-state index in [1.54, 1.807) is 6.07 Å². The van der Waals surface area contributed by atoms with Gasteiger partial charge in [0.15, 0.2) is 0 Å². The van der Waals surface area contributed by atoms with Gasteiger partial charge in [-0.2, -0.15) is 0 Å². The topological polar surface area (TPSA) is 103 Å². The number of fused-ring (bicyclic) bond motifs is 3. The Hall–Kier alpha value is -4.69. The summed E-state index contributed by atoms with van der Waals surface area (Å²) in [7, 11) is 2.15. The highest BCUT2D eigenvalue weighted by atomic mass is 19.1. The van der Waals surface area contributed by atoms with E-state index >= 15 is 0 Å². The van der Waals surface area contributed by atoms with Gasteiger partial charge in [-0.1, -0.05) is 24.3 Å². The summed E-state index contributed by atoms with van der Waals surface area (Å²) in [5.74, 6) is -1.22. The molecule has 1 fully saturated rings. The van der Waals surface area contributed by atoms with Crippen LogP contribution in [0.15, 0.2) is 72.8 Å². The zero-order valence-electron chi connectivity index (χ0n) is 23.1. The summed E-state index contributed by atoms with van der Waals surface area (Å²) in [6.45, 7) is 4.09. The molecule has 7 nitrogen and oxygen atoms in total. The zero-order chi connectivity index (χ0) is 28.7. The number of nitrogens with zero attached hydrogens (tertiary/aromatic N) is 1. The molecule has 5 N–H and O–H groups in total. The Labute approximate surface area is 237 Å². The SMILES string of the molecule is Cc1c(NC(=O)c2ccc(F)cc2)cccc1-c1ccc(C(N)=O)c2[nH]c3cc(NC4CCN(C)CC4)ccc3c12. The van der Waals surface area contributed by atoms with Gasteiger partial charge in [-0.15, -0.1) is 0 Å². The number of piperidine rings is 1. The first-order valence-corrected chi connectivity index (χ1v) is 13.8. The predicted molar refractivity (Wildman–Crippen MR) is 163 cm³/mol. The van der Waals surface area contributed by atoms with Crippen LogP contribution in [0.1, 0.15) is 39.1 Å². The molecule has 41 heavy (non-hydrogen) atoms. The third-order valence-corrected chi connectivity index (χ3v) is 8.09. The van der Waals surface area contributed by atoms with E-state index in [4.69, 9.17) is 5.73 Å². The van der Waals surface area contributed by atoms with Crippen molar-refractivity contribution in [1.29, 1.82) is 0 Å². The lowest BCUT2D eigenvalue weighted by Gasteiger charge is -2.30. The molecule has 0 saturated carbocycles. The van der Waals surface area contributed by atoms with Crippen molar-refractivity contribution in [3.8, 4) is 11.1 Å². The number of hydrogen-bond donors (Lipinski definition) is 4. The maximum Gasteiger partial charge on any atom is 0.255 e. The van der Waals surface area contributed by atoms with Gasteiger partial charge in [-0.3, -0.25) is 9.59 Å². The third-order valence-electron chi connectivity index (χ3n) is 8.09. The number of likely N-dealkylation sites (tertiary alicyclic amines) is 1. The minimum absolute atomic E-state index is 0.323. The van der Waals surface area contributed by atoms with Crippen LogP contribution in [0.4, 0.5) is 15.8 Å². The predicted octanol–water partition coefficient (Wildman–Crippen LogP) is 6.29. The molecular formula is C33H32FN5O2. The first-order valence-electron chi connectivity index (χ1n) is 13.8. The van der Waals surface area contributed by atoms with Crippen LogP contribution in [0, 0.1) is 12.7 Å². The summed E-state index contributed by atoms with van der Waals surface area (Å²) in [6, 6.07) is 21.5. The summed E-state index contributed by atoms with van der Waals surface area (Å²) in [5, 5.41) is 8.51. The number of nitrogens with two attached hydrogens (primary N) is 1. The molecule has 0 bridgehead atoms. The minimum Gasteiger partial charge on any atom is -0.382 e. The number of H-pyrrole nitrogens is 1. The van der Waals surface area contributed by atoms with Gasteiger partial charge in [0.1, 0.15) is 5.82 Å². The molecule has 208 valence electrons. The van der Waals surface area contributed by atoms with Gasteiger partial charge in [0.2, 0.25) is 0 Å². The van der Waals surface area contributed by atoms with Crippen LogP contribution < -0.4 is 16.4 Å². The number of aromatic nitrogens is 1. The molecule has 0 unspecified atom stereocenters. The lowest BCUT2D eigenvalue weighted by Crippen LogP contribution is -2.36. The summed E-state index contributed by atoms with van der Waals surface area (Å²) >= 11 is 0. The van der Waals surface area contributed by atoms with Gasteiger partial charge in [0.25, 0.3) is 11.8 Å². The Kier molecular flexibility index (Phi) is 6.93. The monoisotopic (exact) mass is 549 g/mol.